The van der Waals surface area contributed by atoms with Crippen molar-refractivity contribution in [3.8, 4) is 0 Å². The Bertz CT molecular complexity index is 990. The Labute approximate surface area is 154 Å². The molecule has 0 fully saturated rings. The molecule has 4 rings (SSSR count). The number of carbonyl (C=O) groups excluding carboxylic acids is 2. The van der Waals surface area contributed by atoms with Crippen molar-refractivity contribution in [2.24, 2.45) is 0 Å². The number of carbonyl (C=O) groups is 2. The molecule has 1 amide bonds. The molecular weight excluding hydrogens is 348 g/mol. The molecule has 0 saturated heterocycles. The molecule has 5 nitrogen and oxygen atoms in total. The van der Waals surface area contributed by atoms with Crippen LogP contribution >= 0.6 is 11.3 Å². The molecule has 1 aliphatic heterocycles. The predicted octanol–water partition coefficient (Wildman–Crippen LogP) is 3.43. The van der Waals surface area contributed by atoms with Crippen molar-refractivity contribution in [2.75, 3.05) is 7.11 Å². The van der Waals surface area contributed by atoms with Crippen LogP contribution in [0, 0.1) is 0 Å². The number of methoxy groups -OCH3 is 1. The van der Waals surface area contributed by atoms with Gasteiger partial charge in [-0.05, 0) is 29.2 Å². The number of H-pyrrole nitrogens is 1. The van der Waals surface area contributed by atoms with E-state index >= 15 is 0 Å². The summed E-state index contributed by atoms with van der Waals surface area (Å²) < 4.78 is 5.01. The number of thiophene rings is 1. The first-order valence-corrected chi connectivity index (χ1v) is 9.19. The van der Waals surface area contributed by atoms with Crippen LogP contribution in [0.3, 0.4) is 0 Å². The normalized spacial score (nSPS) is 19.2. The summed E-state index contributed by atoms with van der Waals surface area (Å²) in [4.78, 5) is 31.3. The summed E-state index contributed by atoms with van der Waals surface area (Å²) >= 11 is 1.56. The second-order valence-corrected chi connectivity index (χ2v) is 7.15. The van der Waals surface area contributed by atoms with Crippen LogP contribution in [-0.2, 0) is 20.7 Å². The van der Waals surface area contributed by atoms with E-state index in [0.717, 1.165) is 27.0 Å². The standard InChI is InChI=1S/C20H18N2O3S/c1-3-17(23)22-15(20(24)25-2)11-13-12-7-4-5-8-14(12)21-18(13)19(22)16-9-6-10-26-16/h3-10,15,19,21H,1,11H2,2H3/t15-,19+/m0/s1. The monoisotopic (exact) mass is 366 g/mol. The molecule has 1 aliphatic rings. The van der Waals surface area contributed by atoms with Crippen LogP contribution in [0.2, 0.25) is 0 Å². The summed E-state index contributed by atoms with van der Waals surface area (Å²) in [5.41, 5.74) is 3.00. The first-order chi connectivity index (χ1) is 12.7. The van der Waals surface area contributed by atoms with E-state index in [-0.39, 0.29) is 11.9 Å². The zero-order valence-corrected chi connectivity index (χ0v) is 15.1. The van der Waals surface area contributed by atoms with Crippen LogP contribution < -0.4 is 0 Å². The number of para-hydroxylation sites is 1. The van der Waals surface area contributed by atoms with Gasteiger partial charge in [0.2, 0.25) is 5.91 Å². The Morgan fingerprint density at radius 1 is 1.31 bits per heavy atom. The van der Waals surface area contributed by atoms with Crippen molar-refractivity contribution in [1.82, 2.24) is 9.88 Å². The van der Waals surface area contributed by atoms with Gasteiger partial charge in [0, 0.05) is 27.9 Å². The Balaban J connectivity index is 1.98. The summed E-state index contributed by atoms with van der Waals surface area (Å²) in [7, 11) is 1.35. The van der Waals surface area contributed by atoms with Crippen LogP contribution in [-0.4, -0.2) is 34.9 Å². The minimum Gasteiger partial charge on any atom is -0.467 e. The van der Waals surface area contributed by atoms with Crippen LogP contribution in [0.1, 0.15) is 22.2 Å². The van der Waals surface area contributed by atoms with E-state index in [9.17, 15) is 9.59 Å². The molecule has 1 N–H and O–H groups in total. The molecule has 0 radical (unpaired) electrons. The summed E-state index contributed by atoms with van der Waals surface area (Å²) in [6.07, 6.45) is 1.66. The van der Waals surface area contributed by atoms with Gasteiger partial charge < -0.3 is 14.6 Å². The lowest BCUT2D eigenvalue weighted by Crippen LogP contribution is -2.51. The molecule has 26 heavy (non-hydrogen) atoms. The van der Waals surface area contributed by atoms with E-state index < -0.39 is 12.0 Å². The zero-order valence-electron chi connectivity index (χ0n) is 14.3. The topological polar surface area (TPSA) is 62.4 Å². The molecule has 0 bridgehead atoms. The highest BCUT2D eigenvalue weighted by atomic mass is 32.1. The molecule has 6 heteroatoms. The first kappa shape index (κ1) is 16.6. The lowest BCUT2D eigenvalue weighted by molar-refractivity contribution is -0.153. The number of nitrogens with zero attached hydrogens (tertiary/aromatic N) is 1. The van der Waals surface area contributed by atoms with E-state index in [0.29, 0.717) is 6.42 Å². The highest BCUT2D eigenvalue weighted by Gasteiger charge is 2.43. The number of fused-ring (bicyclic) bond motifs is 3. The summed E-state index contributed by atoms with van der Waals surface area (Å²) in [6, 6.07) is 10.8. The third-order valence-electron chi connectivity index (χ3n) is 4.85. The van der Waals surface area contributed by atoms with Crippen LogP contribution in [0.5, 0.6) is 0 Å². The maximum Gasteiger partial charge on any atom is 0.328 e. The SMILES string of the molecule is C=CC(=O)N1[C@H](c2cccs2)c2[nH]c3ccccc3c2C[C@H]1C(=O)OC. The fourth-order valence-corrected chi connectivity index (χ4v) is 4.56. The molecule has 2 atom stereocenters. The van der Waals surface area contributed by atoms with Crippen molar-refractivity contribution in [3.05, 3.63) is 70.6 Å². The smallest absolute Gasteiger partial charge is 0.328 e. The fraction of sp³-hybridized carbons (Fsp3) is 0.200. The Morgan fingerprint density at radius 2 is 2.12 bits per heavy atom. The number of ether oxygens (including phenoxy) is 1. The minimum atomic E-state index is -0.690. The fourth-order valence-electron chi connectivity index (χ4n) is 3.73. The van der Waals surface area contributed by atoms with Gasteiger partial charge in [-0.2, -0.15) is 0 Å². The molecule has 1 aromatic carbocycles. The average Bonchev–Trinajstić information content (AvgIpc) is 3.33. The van der Waals surface area contributed by atoms with E-state index in [1.807, 2.05) is 41.8 Å². The Kier molecular flexibility index (Phi) is 4.12. The van der Waals surface area contributed by atoms with Gasteiger partial charge in [-0.1, -0.05) is 30.8 Å². The Morgan fingerprint density at radius 3 is 2.81 bits per heavy atom. The summed E-state index contributed by atoms with van der Waals surface area (Å²) in [5.74, 6) is -0.708. The molecule has 3 aromatic rings. The van der Waals surface area contributed by atoms with Gasteiger partial charge in [0.1, 0.15) is 12.1 Å². The molecule has 0 saturated carbocycles. The van der Waals surface area contributed by atoms with Gasteiger partial charge in [0.15, 0.2) is 0 Å². The lowest BCUT2D eigenvalue weighted by atomic mass is 9.90. The van der Waals surface area contributed by atoms with Gasteiger partial charge in [-0.25, -0.2) is 4.79 Å². The van der Waals surface area contributed by atoms with Crippen LogP contribution in [0.15, 0.2) is 54.4 Å². The highest BCUT2D eigenvalue weighted by Crippen LogP contribution is 2.42. The van der Waals surface area contributed by atoms with Crippen molar-refractivity contribution >= 4 is 34.1 Å². The average molecular weight is 366 g/mol. The zero-order chi connectivity index (χ0) is 18.3. The minimum absolute atomic E-state index is 0.289. The number of aromatic amines is 1. The number of hydrogen-bond donors (Lipinski definition) is 1. The number of hydrogen-bond acceptors (Lipinski definition) is 4. The quantitative estimate of drug-likeness (QED) is 0.571. The number of benzene rings is 1. The maximum atomic E-state index is 12.7. The van der Waals surface area contributed by atoms with Gasteiger partial charge >= 0.3 is 5.97 Å². The first-order valence-electron chi connectivity index (χ1n) is 8.31. The molecule has 3 heterocycles. The predicted molar refractivity (Wildman–Crippen MR) is 101 cm³/mol. The third-order valence-corrected chi connectivity index (χ3v) is 5.77. The van der Waals surface area contributed by atoms with Gasteiger partial charge in [0.25, 0.3) is 0 Å². The molecule has 132 valence electrons. The lowest BCUT2D eigenvalue weighted by Gasteiger charge is -2.39. The molecule has 2 aromatic heterocycles. The maximum absolute atomic E-state index is 12.7. The molecule has 0 unspecified atom stereocenters. The number of esters is 1. The summed E-state index contributed by atoms with van der Waals surface area (Å²) in [5, 5.41) is 3.04. The van der Waals surface area contributed by atoms with Gasteiger partial charge in [-0.3, -0.25) is 4.79 Å². The van der Waals surface area contributed by atoms with Crippen molar-refractivity contribution in [3.63, 3.8) is 0 Å². The Hall–Kier alpha value is -2.86. The summed E-state index contributed by atoms with van der Waals surface area (Å²) in [6.45, 7) is 3.62. The molecule has 0 aliphatic carbocycles. The van der Waals surface area contributed by atoms with Crippen molar-refractivity contribution < 1.29 is 14.3 Å². The number of amides is 1. The molecular formula is C20H18N2O3S. The van der Waals surface area contributed by atoms with Crippen LogP contribution in [0.25, 0.3) is 10.9 Å². The number of nitrogens with one attached hydrogen (secondary N) is 1. The van der Waals surface area contributed by atoms with Gasteiger partial charge in [0.05, 0.1) is 7.11 Å². The van der Waals surface area contributed by atoms with Crippen LogP contribution in [0.4, 0.5) is 0 Å². The largest absolute Gasteiger partial charge is 0.467 e. The van der Waals surface area contributed by atoms with Gasteiger partial charge in [-0.15, -0.1) is 11.3 Å². The van der Waals surface area contributed by atoms with E-state index in [4.69, 9.17) is 4.74 Å². The third kappa shape index (κ3) is 2.45. The van der Waals surface area contributed by atoms with E-state index in [2.05, 4.69) is 11.6 Å². The van der Waals surface area contributed by atoms with Crippen molar-refractivity contribution in [2.45, 2.75) is 18.5 Å². The highest BCUT2D eigenvalue weighted by molar-refractivity contribution is 7.10. The number of aromatic nitrogens is 1. The second kappa shape index (κ2) is 6.46. The van der Waals surface area contributed by atoms with E-state index in [1.54, 1.807) is 16.2 Å². The van der Waals surface area contributed by atoms with Crippen molar-refractivity contribution in [1.29, 1.82) is 0 Å². The molecule has 0 spiro atoms. The second-order valence-electron chi connectivity index (χ2n) is 6.17. The van der Waals surface area contributed by atoms with E-state index in [1.165, 1.54) is 13.2 Å². The number of rotatable bonds is 3.